The van der Waals surface area contributed by atoms with Crippen molar-refractivity contribution < 1.29 is 5.11 Å². The highest BCUT2D eigenvalue weighted by molar-refractivity contribution is 6.09. The molecule has 2 heteroatoms. The minimum absolute atomic E-state index is 0.373. The lowest BCUT2D eigenvalue weighted by molar-refractivity contribution is 0.388. The first-order valence-electron chi connectivity index (χ1n) is 6.44. The van der Waals surface area contributed by atoms with Gasteiger partial charge in [-0.15, -0.1) is 0 Å². The number of phenolic OH excluding ortho intramolecular Hbond substituents is 1. The Morgan fingerprint density at radius 2 is 1.58 bits per heavy atom. The molecular weight excluding hydrogens is 234 g/mol. The number of nitrogens with zero attached hydrogens (tertiary/aromatic N) is 1. The second-order valence-corrected chi connectivity index (χ2v) is 5.19. The Kier molecular flexibility index (Phi) is 2.88. The van der Waals surface area contributed by atoms with E-state index in [4.69, 9.17) is 0 Å². The molecule has 0 aliphatic heterocycles. The molecule has 0 aromatic heterocycles. The van der Waals surface area contributed by atoms with Crippen LogP contribution in [0.25, 0.3) is 21.5 Å². The maximum absolute atomic E-state index is 10.2. The molecule has 0 aliphatic carbocycles. The number of fused-ring (bicyclic) bond motifs is 3. The number of benzene rings is 3. The van der Waals surface area contributed by atoms with Gasteiger partial charge in [0.05, 0.1) is 0 Å². The molecule has 1 N–H and O–H groups in total. The van der Waals surface area contributed by atoms with Crippen LogP contribution in [0.2, 0.25) is 0 Å². The van der Waals surface area contributed by atoms with Crippen LogP contribution in [0, 0.1) is 0 Å². The lowest BCUT2D eigenvalue weighted by Crippen LogP contribution is -2.11. The van der Waals surface area contributed by atoms with Gasteiger partial charge in [0, 0.05) is 12.1 Å². The lowest BCUT2D eigenvalue weighted by Gasteiger charge is -2.15. The zero-order valence-corrected chi connectivity index (χ0v) is 11.2. The standard InChI is InChI=1S/C17H17NO/c1-18(2)11-15-16(19)10-9-13-8-7-12-5-3-4-6-14(12)17(13)15/h3-10,19H,11H2,1-2H3. The van der Waals surface area contributed by atoms with Crippen LogP contribution in [-0.2, 0) is 6.54 Å². The summed E-state index contributed by atoms with van der Waals surface area (Å²) in [6.45, 7) is 0.733. The van der Waals surface area contributed by atoms with E-state index in [9.17, 15) is 5.11 Å². The van der Waals surface area contributed by atoms with Gasteiger partial charge in [-0.1, -0.05) is 42.5 Å². The summed E-state index contributed by atoms with van der Waals surface area (Å²) in [5.41, 5.74) is 0.999. The maximum atomic E-state index is 10.2. The molecule has 0 aliphatic rings. The molecule has 0 saturated heterocycles. The van der Waals surface area contributed by atoms with Gasteiger partial charge >= 0.3 is 0 Å². The molecular formula is C17H17NO. The Labute approximate surface area is 112 Å². The molecule has 0 fully saturated rings. The quantitative estimate of drug-likeness (QED) is 0.701. The van der Waals surface area contributed by atoms with Gasteiger partial charge in [-0.25, -0.2) is 0 Å². The van der Waals surface area contributed by atoms with E-state index in [0.717, 1.165) is 17.5 Å². The third-order valence-electron chi connectivity index (χ3n) is 3.47. The molecule has 0 heterocycles. The van der Waals surface area contributed by atoms with E-state index in [1.807, 2.05) is 32.3 Å². The van der Waals surface area contributed by atoms with E-state index in [1.54, 1.807) is 6.07 Å². The molecule has 3 aromatic carbocycles. The van der Waals surface area contributed by atoms with Crippen molar-refractivity contribution in [3.05, 3.63) is 54.1 Å². The predicted octanol–water partition coefficient (Wildman–Crippen LogP) is 3.76. The average molecular weight is 251 g/mol. The molecule has 0 atom stereocenters. The summed E-state index contributed by atoms with van der Waals surface area (Å²) in [6.07, 6.45) is 0. The summed E-state index contributed by atoms with van der Waals surface area (Å²) in [6, 6.07) is 16.3. The van der Waals surface area contributed by atoms with Gasteiger partial charge in [0.1, 0.15) is 5.75 Å². The van der Waals surface area contributed by atoms with Crippen LogP contribution in [0.4, 0.5) is 0 Å². The highest BCUT2D eigenvalue weighted by atomic mass is 16.3. The van der Waals surface area contributed by atoms with Crippen LogP contribution >= 0.6 is 0 Å². The molecule has 2 nitrogen and oxygen atoms in total. The highest BCUT2D eigenvalue weighted by Crippen LogP contribution is 2.33. The lowest BCUT2D eigenvalue weighted by atomic mass is 9.97. The third-order valence-corrected chi connectivity index (χ3v) is 3.47. The van der Waals surface area contributed by atoms with Gasteiger partial charge in [-0.3, -0.25) is 0 Å². The van der Waals surface area contributed by atoms with Crippen molar-refractivity contribution in [3.63, 3.8) is 0 Å². The van der Waals surface area contributed by atoms with Crippen molar-refractivity contribution in [3.8, 4) is 5.75 Å². The molecule has 0 radical (unpaired) electrons. The number of hydrogen-bond acceptors (Lipinski definition) is 2. The van der Waals surface area contributed by atoms with Crippen molar-refractivity contribution in [2.24, 2.45) is 0 Å². The maximum Gasteiger partial charge on any atom is 0.120 e. The van der Waals surface area contributed by atoms with E-state index < -0.39 is 0 Å². The van der Waals surface area contributed by atoms with E-state index in [2.05, 4.69) is 29.2 Å². The van der Waals surface area contributed by atoms with Crippen LogP contribution in [0.15, 0.2) is 48.5 Å². The predicted molar refractivity (Wildman–Crippen MR) is 80.5 cm³/mol. The molecule has 0 spiro atoms. The fourth-order valence-corrected chi connectivity index (χ4v) is 2.64. The highest BCUT2D eigenvalue weighted by Gasteiger charge is 2.10. The Bertz CT molecular complexity index is 747. The van der Waals surface area contributed by atoms with Gasteiger partial charge in [0.25, 0.3) is 0 Å². The number of aromatic hydroxyl groups is 1. The van der Waals surface area contributed by atoms with Crippen molar-refractivity contribution >= 4 is 21.5 Å². The second-order valence-electron chi connectivity index (χ2n) is 5.19. The van der Waals surface area contributed by atoms with Crippen molar-refractivity contribution in [2.75, 3.05) is 14.1 Å². The first kappa shape index (κ1) is 12.0. The van der Waals surface area contributed by atoms with E-state index in [-0.39, 0.29) is 0 Å². The van der Waals surface area contributed by atoms with Crippen LogP contribution in [0.1, 0.15) is 5.56 Å². The SMILES string of the molecule is CN(C)Cc1c(O)ccc2ccc3ccccc3c12. The molecule has 96 valence electrons. The number of phenols is 1. The smallest absolute Gasteiger partial charge is 0.120 e. The van der Waals surface area contributed by atoms with E-state index >= 15 is 0 Å². The minimum Gasteiger partial charge on any atom is -0.508 e. The first-order chi connectivity index (χ1) is 9.16. The summed E-state index contributed by atoms with van der Waals surface area (Å²) in [5.74, 6) is 0.373. The molecule has 3 rings (SSSR count). The third kappa shape index (κ3) is 2.04. The largest absolute Gasteiger partial charge is 0.508 e. The minimum atomic E-state index is 0.373. The van der Waals surface area contributed by atoms with E-state index in [0.29, 0.717) is 5.75 Å². The molecule has 0 amide bonds. The number of rotatable bonds is 2. The summed E-state index contributed by atoms with van der Waals surface area (Å²) in [4.78, 5) is 2.08. The molecule has 0 bridgehead atoms. The van der Waals surface area contributed by atoms with Crippen molar-refractivity contribution in [1.82, 2.24) is 4.90 Å². The van der Waals surface area contributed by atoms with Gasteiger partial charge in [-0.2, -0.15) is 0 Å². The first-order valence-corrected chi connectivity index (χ1v) is 6.44. The summed E-state index contributed by atoms with van der Waals surface area (Å²) in [7, 11) is 4.03. The van der Waals surface area contributed by atoms with Gasteiger partial charge in [0.2, 0.25) is 0 Å². The zero-order chi connectivity index (χ0) is 13.4. The van der Waals surface area contributed by atoms with Gasteiger partial charge in [0.15, 0.2) is 0 Å². The topological polar surface area (TPSA) is 23.5 Å². The average Bonchev–Trinajstić information content (AvgIpc) is 2.41. The zero-order valence-electron chi connectivity index (χ0n) is 11.2. The molecule has 0 unspecified atom stereocenters. The molecule has 3 aromatic rings. The number of hydrogen-bond donors (Lipinski definition) is 1. The van der Waals surface area contributed by atoms with E-state index in [1.165, 1.54) is 16.2 Å². The van der Waals surface area contributed by atoms with Crippen molar-refractivity contribution in [1.29, 1.82) is 0 Å². The molecule has 19 heavy (non-hydrogen) atoms. The van der Waals surface area contributed by atoms with Gasteiger partial charge < -0.3 is 10.0 Å². The van der Waals surface area contributed by atoms with Crippen LogP contribution in [-0.4, -0.2) is 24.1 Å². The summed E-state index contributed by atoms with van der Waals surface area (Å²) in [5, 5.41) is 14.9. The molecule has 0 saturated carbocycles. The Balaban J connectivity index is 2.44. The Hall–Kier alpha value is -2.06. The second kappa shape index (κ2) is 4.56. The Morgan fingerprint density at radius 3 is 2.37 bits per heavy atom. The van der Waals surface area contributed by atoms with Crippen LogP contribution in [0.3, 0.4) is 0 Å². The van der Waals surface area contributed by atoms with Crippen molar-refractivity contribution in [2.45, 2.75) is 6.54 Å². The normalized spacial score (nSPS) is 11.5. The van der Waals surface area contributed by atoms with Crippen LogP contribution < -0.4 is 0 Å². The fourth-order valence-electron chi connectivity index (χ4n) is 2.64. The Morgan fingerprint density at radius 1 is 0.895 bits per heavy atom. The fraction of sp³-hybridized carbons (Fsp3) is 0.176. The van der Waals surface area contributed by atoms with Crippen LogP contribution in [0.5, 0.6) is 5.75 Å². The summed E-state index contributed by atoms with van der Waals surface area (Å²) >= 11 is 0. The van der Waals surface area contributed by atoms with Gasteiger partial charge in [-0.05, 0) is 41.7 Å². The summed E-state index contributed by atoms with van der Waals surface area (Å²) < 4.78 is 0. The monoisotopic (exact) mass is 251 g/mol.